The third kappa shape index (κ3) is 3.81. The van der Waals surface area contributed by atoms with Crippen LogP contribution in [0.1, 0.15) is 35.9 Å². The van der Waals surface area contributed by atoms with Gasteiger partial charge < -0.3 is 14.8 Å². The molecule has 1 amide bonds. The van der Waals surface area contributed by atoms with E-state index in [-0.39, 0.29) is 34.8 Å². The molecule has 9 nitrogen and oxygen atoms in total. The summed E-state index contributed by atoms with van der Waals surface area (Å²) in [5, 5.41) is 14.7. The fraction of sp³-hybridized carbons (Fsp3) is 0.389. The molecule has 1 unspecified atom stereocenters. The van der Waals surface area contributed by atoms with E-state index in [1.54, 1.807) is 34.8 Å². The molecule has 0 saturated carbocycles. The van der Waals surface area contributed by atoms with E-state index in [0.29, 0.717) is 25.2 Å². The van der Waals surface area contributed by atoms with Crippen LogP contribution in [0.25, 0.3) is 0 Å². The number of rotatable bonds is 6. The second kappa shape index (κ2) is 7.56. The van der Waals surface area contributed by atoms with Crippen LogP contribution < -0.4 is 5.32 Å². The number of hydrogen-bond acceptors (Lipinski definition) is 6. The van der Waals surface area contributed by atoms with Crippen molar-refractivity contribution >= 4 is 23.1 Å². The van der Waals surface area contributed by atoms with Crippen molar-refractivity contribution < 1.29 is 14.5 Å². The Morgan fingerprint density at radius 1 is 1.41 bits per heavy atom. The Morgan fingerprint density at radius 2 is 2.19 bits per heavy atom. The van der Waals surface area contributed by atoms with Gasteiger partial charge in [-0.3, -0.25) is 19.7 Å². The number of nitro groups is 1. The minimum Gasteiger partial charge on any atom is -0.375 e. The molecular formula is C18H21N5O4. The van der Waals surface area contributed by atoms with Gasteiger partial charge in [-0.05, 0) is 18.6 Å². The fourth-order valence-corrected chi connectivity index (χ4v) is 3.21. The van der Waals surface area contributed by atoms with Crippen LogP contribution in [0.2, 0.25) is 0 Å². The summed E-state index contributed by atoms with van der Waals surface area (Å²) in [4.78, 5) is 41.1. The molecule has 1 N–H and O–H groups in total. The number of anilines is 1. The van der Waals surface area contributed by atoms with Gasteiger partial charge in [0, 0.05) is 56.6 Å². The van der Waals surface area contributed by atoms with E-state index in [0.717, 1.165) is 6.42 Å². The zero-order valence-electron chi connectivity index (χ0n) is 15.2. The molecule has 1 aliphatic heterocycles. The number of aryl methyl sites for hydroxylation is 1. The van der Waals surface area contributed by atoms with Gasteiger partial charge in [0.2, 0.25) is 11.7 Å². The predicted molar refractivity (Wildman–Crippen MR) is 98.6 cm³/mol. The molecule has 1 atom stereocenters. The van der Waals surface area contributed by atoms with Gasteiger partial charge in [-0.1, -0.05) is 6.92 Å². The molecule has 0 radical (unpaired) electrons. The lowest BCUT2D eigenvalue weighted by Crippen LogP contribution is -2.31. The summed E-state index contributed by atoms with van der Waals surface area (Å²) in [6.07, 6.45) is 4.30. The molecule has 2 heterocycles. The number of ketones is 1. The van der Waals surface area contributed by atoms with Crippen molar-refractivity contribution in [3.05, 3.63) is 52.1 Å². The van der Waals surface area contributed by atoms with Gasteiger partial charge in [0.15, 0.2) is 5.82 Å². The number of nitrogens with zero attached hydrogens (tertiary/aromatic N) is 4. The number of likely N-dealkylation sites (tertiary alicyclic amines) is 1. The lowest BCUT2D eigenvalue weighted by Gasteiger charge is -2.17. The smallest absolute Gasteiger partial charge is 0.293 e. The second-order valence-electron chi connectivity index (χ2n) is 6.50. The van der Waals surface area contributed by atoms with Crippen molar-refractivity contribution in [3.8, 4) is 0 Å². The lowest BCUT2D eigenvalue weighted by atomic mass is 10.1. The van der Waals surface area contributed by atoms with Gasteiger partial charge in [-0.15, -0.1) is 0 Å². The summed E-state index contributed by atoms with van der Waals surface area (Å²) in [7, 11) is 1.69. The highest BCUT2D eigenvalue weighted by Gasteiger charge is 2.27. The number of imidazole rings is 1. The number of carbonyl (C=O) groups is 2. The first-order chi connectivity index (χ1) is 12.9. The van der Waals surface area contributed by atoms with Crippen LogP contribution in [0.3, 0.4) is 0 Å². The largest absolute Gasteiger partial charge is 0.375 e. The molecule has 1 saturated heterocycles. The highest BCUT2D eigenvalue weighted by atomic mass is 16.6. The van der Waals surface area contributed by atoms with Crippen LogP contribution in [0.5, 0.6) is 0 Å². The number of hydrogen-bond donors (Lipinski definition) is 1. The van der Waals surface area contributed by atoms with E-state index in [1.165, 1.54) is 12.3 Å². The molecule has 1 fully saturated rings. The Morgan fingerprint density at radius 3 is 2.81 bits per heavy atom. The number of benzene rings is 1. The molecule has 2 aromatic rings. The first-order valence-electron chi connectivity index (χ1n) is 8.75. The zero-order valence-corrected chi connectivity index (χ0v) is 15.2. The number of aromatic nitrogens is 2. The summed E-state index contributed by atoms with van der Waals surface area (Å²) >= 11 is 0. The first-order valence-corrected chi connectivity index (χ1v) is 8.75. The molecule has 1 aromatic carbocycles. The minimum atomic E-state index is -0.512. The predicted octanol–water partition coefficient (Wildman–Crippen LogP) is 1.98. The number of amides is 1. The Hall–Kier alpha value is -3.23. The molecule has 1 aliphatic rings. The van der Waals surface area contributed by atoms with Crippen LogP contribution in [0, 0.1) is 10.1 Å². The van der Waals surface area contributed by atoms with Gasteiger partial charge in [-0.25, -0.2) is 4.98 Å². The summed E-state index contributed by atoms with van der Waals surface area (Å²) in [5.41, 5.74) is 0.373. The molecule has 0 bridgehead atoms. The van der Waals surface area contributed by atoms with E-state index in [1.807, 2.05) is 6.92 Å². The molecule has 142 valence electrons. The lowest BCUT2D eigenvalue weighted by molar-refractivity contribution is -0.384. The number of nitro benzene ring substituents is 1. The Balaban J connectivity index is 1.81. The third-order valence-electron chi connectivity index (χ3n) is 4.68. The van der Waals surface area contributed by atoms with E-state index < -0.39 is 4.92 Å². The topological polar surface area (TPSA) is 110 Å². The maximum Gasteiger partial charge on any atom is 0.293 e. The third-order valence-corrected chi connectivity index (χ3v) is 4.68. The maximum atomic E-state index is 12.5. The Labute approximate surface area is 156 Å². The van der Waals surface area contributed by atoms with E-state index in [9.17, 15) is 19.7 Å². The monoisotopic (exact) mass is 371 g/mol. The van der Waals surface area contributed by atoms with Crippen molar-refractivity contribution in [2.24, 2.45) is 7.05 Å². The van der Waals surface area contributed by atoms with Crippen LogP contribution in [-0.2, 0) is 11.8 Å². The normalized spacial score (nSPS) is 16.4. The second-order valence-corrected chi connectivity index (χ2v) is 6.50. The van der Waals surface area contributed by atoms with Crippen molar-refractivity contribution in [2.45, 2.75) is 25.8 Å². The van der Waals surface area contributed by atoms with Crippen molar-refractivity contribution in [1.29, 1.82) is 0 Å². The molecule has 0 aliphatic carbocycles. The summed E-state index contributed by atoms with van der Waals surface area (Å²) in [6.45, 7) is 2.96. The van der Waals surface area contributed by atoms with Crippen LogP contribution >= 0.6 is 0 Å². The van der Waals surface area contributed by atoms with Crippen LogP contribution in [-0.4, -0.2) is 50.2 Å². The standard InChI is InChI=1S/C18H21N5O4/c1-3-16(24)22-8-6-13(11-22)20-14-5-4-12(10-15(14)23(26)27)17(25)18-19-7-9-21(18)2/h4-5,7,9-10,13,20H,3,6,8,11H2,1-2H3. The van der Waals surface area contributed by atoms with Gasteiger partial charge in [0.25, 0.3) is 5.69 Å². The quantitative estimate of drug-likeness (QED) is 0.472. The first kappa shape index (κ1) is 18.6. The molecule has 3 rings (SSSR count). The van der Waals surface area contributed by atoms with Gasteiger partial charge in [-0.2, -0.15) is 0 Å². The average Bonchev–Trinajstić information content (AvgIpc) is 3.29. The summed E-state index contributed by atoms with van der Waals surface area (Å²) in [5.74, 6) is -0.0861. The maximum absolute atomic E-state index is 12.5. The highest BCUT2D eigenvalue weighted by Crippen LogP contribution is 2.28. The van der Waals surface area contributed by atoms with E-state index in [2.05, 4.69) is 10.3 Å². The van der Waals surface area contributed by atoms with Gasteiger partial charge in [0.1, 0.15) is 5.69 Å². The van der Waals surface area contributed by atoms with E-state index >= 15 is 0 Å². The highest BCUT2D eigenvalue weighted by molar-refractivity contribution is 6.07. The molecule has 9 heteroatoms. The Bertz CT molecular complexity index is 892. The zero-order chi connectivity index (χ0) is 19.6. The van der Waals surface area contributed by atoms with Crippen molar-refractivity contribution in [2.75, 3.05) is 18.4 Å². The SMILES string of the molecule is CCC(=O)N1CCC(Nc2ccc(C(=O)c3nccn3C)cc2[N+](=O)[O-])C1. The van der Waals surface area contributed by atoms with Crippen molar-refractivity contribution in [3.63, 3.8) is 0 Å². The van der Waals surface area contributed by atoms with Crippen LogP contribution in [0.15, 0.2) is 30.6 Å². The van der Waals surface area contributed by atoms with Gasteiger partial charge >= 0.3 is 0 Å². The summed E-state index contributed by atoms with van der Waals surface area (Å²) < 4.78 is 1.57. The number of carbonyl (C=O) groups excluding carboxylic acids is 2. The summed E-state index contributed by atoms with van der Waals surface area (Å²) in [6, 6.07) is 4.30. The molecule has 0 spiro atoms. The average molecular weight is 371 g/mol. The van der Waals surface area contributed by atoms with Crippen LogP contribution in [0.4, 0.5) is 11.4 Å². The number of nitrogens with one attached hydrogen (secondary N) is 1. The molecule has 27 heavy (non-hydrogen) atoms. The minimum absolute atomic E-state index is 0.0599. The fourth-order valence-electron chi connectivity index (χ4n) is 3.21. The molecular weight excluding hydrogens is 350 g/mol. The van der Waals surface area contributed by atoms with Gasteiger partial charge in [0.05, 0.1) is 4.92 Å². The Kier molecular flexibility index (Phi) is 5.20. The molecule has 1 aromatic heterocycles. The van der Waals surface area contributed by atoms with Crippen molar-refractivity contribution in [1.82, 2.24) is 14.5 Å². The van der Waals surface area contributed by atoms with E-state index in [4.69, 9.17) is 0 Å².